The van der Waals surface area contributed by atoms with Gasteiger partial charge < -0.3 is 9.97 Å². The van der Waals surface area contributed by atoms with Gasteiger partial charge >= 0.3 is 0 Å². The average Bonchev–Trinajstić information content (AvgIpc) is 3.32. The van der Waals surface area contributed by atoms with Crippen LogP contribution in [0.25, 0.3) is 46.4 Å². The van der Waals surface area contributed by atoms with Crippen LogP contribution in [-0.4, -0.2) is 37.9 Å². The molecule has 3 aromatic heterocycles. The van der Waals surface area contributed by atoms with Crippen molar-refractivity contribution >= 4 is 64.3 Å². The smallest absolute Gasteiger partial charge is 0.0658 e. The van der Waals surface area contributed by atoms with E-state index in [1.165, 1.54) is 0 Å². The number of aromatic nitrogens is 4. The Labute approximate surface area is 155 Å². The molecule has 4 nitrogen and oxygen atoms in total. The van der Waals surface area contributed by atoms with Crippen molar-refractivity contribution < 1.29 is 0 Å². The van der Waals surface area contributed by atoms with Crippen LogP contribution in [0.5, 0.6) is 0 Å². The maximum Gasteiger partial charge on any atom is 0.0658 e. The zero-order chi connectivity index (χ0) is 15.9. The van der Waals surface area contributed by atoms with E-state index in [2.05, 4.69) is 44.2 Å². The van der Waals surface area contributed by atoms with Crippen LogP contribution in [0.2, 0.25) is 0 Å². The molecule has 0 aromatic carbocycles. The van der Waals surface area contributed by atoms with Crippen LogP contribution in [0, 0.1) is 0 Å². The number of H-pyrrole nitrogens is 2. The molecule has 119 valence electrons. The van der Waals surface area contributed by atoms with Crippen LogP contribution in [0.1, 0.15) is 22.8 Å². The van der Waals surface area contributed by atoms with Crippen LogP contribution in [-0.2, 0) is 0 Å². The number of hydrogen-bond acceptors (Lipinski definition) is 2. The molecule has 2 aliphatic rings. The third kappa shape index (κ3) is 3.21. The minimum atomic E-state index is 0. The first kappa shape index (κ1) is 15.7. The van der Waals surface area contributed by atoms with Crippen molar-refractivity contribution in [2.75, 3.05) is 0 Å². The van der Waals surface area contributed by atoms with E-state index in [0.717, 1.165) is 44.8 Å². The van der Waals surface area contributed by atoms with E-state index in [0.29, 0.717) is 0 Å². The molecule has 8 bridgehead atoms. The largest absolute Gasteiger partial charge is 0.355 e. The second kappa shape index (κ2) is 6.23. The van der Waals surface area contributed by atoms with Crippen molar-refractivity contribution in [1.29, 1.82) is 0 Å². The van der Waals surface area contributed by atoms with E-state index >= 15 is 0 Å². The monoisotopic (exact) mass is 385 g/mol. The SMILES string of the molecule is C1=Cc2cc3ccc(cc4nc(cc5ccc(cc1n2)[nH]5)C=C4)[nH]3.[As]. The number of aromatic amines is 2. The van der Waals surface area contributed by atoms with Gasteiger partial charge in [0.25, 0.3) is 0 Å². The van der Waals surface area contributed by atoms with Crippen LogP contribution in [0.15, 0.2) is 48.5 Å². The Bertz CT molecular complexity index is 990. The fraction of sp³-hybridized carbons (Fsp3) is 0. The fourth-order valence-corrected chi connectivity index (χ4v) is 2.94. The summed E-state index contributed by atoms with van der Waals surface area (Å²) in [6, 6.07) is 16.4. The molecule has 0 amide bonds. The zero-order valence-corrected chi connectivity index (χ0v) is 15.1. The van der Waals surface area contributed by atoms with Gasteiger partial charge in [0.15, 0.2) is 0 Å². The summed E-state index contributed by atoms with van der Waals surface area (Å²) >= 11 is 0. The molecule has 2 N–H and O–H groups in total. The Balaban J connectivity index is 0.00000157. The Morgan fingerprint density at radius 2 is 0.760 bits per heavy atom. The third-order valence-corrected chi connectivity index (χ3v) is 4.04. The molecule has 25 heavy (non-hydrogen) atoms. The van der Waals surface area contributed by atoms with Gasteiger partial charge in [-0.3, -0.25) is 0 Å². The Kier molecular flexibility index (Phi) is 3.90. The van der Waals surface area contributed by atoms with Gasteiger partial charge in [-0.05, 0) is 72.8 Å². The fourth-order valence-electron chi connectivity index (χ4n) is 2.94. The van der Waals surface area contributed by atoms with Gasteiger partial charge in [-0.1, -0.05) is 0 Å². The van der Waals surface area contributed by atoms with E-state index in [-0.39, 0.29) is 18.0 Å². The van der Waals surface area contributed by atoms with Crippen molar-refractivity contribution in [3.05, 3.63) is 71.3 Å². The van der Waals surface area contributed by atoms with Gasteiger partial charge in [0.1, 0.15) is 0 Å². The predicted octanol–water partition coefficient (Wildman–Crippen LogP) is 4.27. The normalized spacial score (nSPS) is 12.2. The maximum atomic E-state index is 4.63. The van der Waals surface area contributed by atoms with Gasteiger partial charge in [-0.25, -0.2) is 9.97 Å². The molecule has 0 aliphatic carbocycles. The van der Waals surface area contributed by atoms with Gasteiger partial charge in [0.2, 0.25) is 0 Å². The van der Waals surface area contributed by atoms with Crippen LogP contribution >= 0.6 is 0 Å². The van der Waals surface area contributed by atoms with E-state index in [1.807, 2.05) is 48.6 Å². The van der Waals surface area contributed by atoms with E-state index in [4.69, 9.17) is 0 Å². The molecular formula is C20H14AsN4. The molecular weight excluding hydrogens is 371 g/mol. The van der Waals surface area contributed by atoms with Crippen LogP contribution in [0.3, 0.4) is 0 Å². The molecule has 3 aromatic rings. The molecule has 0 fully saturated rings. The summed E-state index contributed by atoms with van der Waals surface area (Å²) in [4.78, 5) is 16.0. The summed E-state index contributed by atoms with van der Waals surface area (Å²) in [5.41, 5.74) is 7.86. The second-order valence-corrected chi connectivity index (χ2v) is 5.91. The summed E-state index contributed by atoms with van der Waals surface area (Å²) in [5, 5.41) is 0. The number of nitrogens with zero attached hydrogens (tertiary/aromatic N) is 2. The van der Waals surface area contributed by atoms with Crippen LogP contribution in [0.4, 0.5) is 0 Å². The van der Waals surface area contributed by atoms with Gasteiger partial charge in [-0.15, -0.1) is 0 Å². The number of fused-ring (bicyclic) bond motifs is 8. The number of nitrogens with one attached hydrogen (secondary N) is 2. The third-order valence-electron chi connectivity index (χ3n) is 4.04. The van der Waals surface area contributed by atoms with Crippen LogP contribution < -0.4 is 0 Å². The summed E-state index contributed by atoms with van der Waals surface area (Å²) in [7, 11) is 0. The van der Waals surface area contributed by atoms with Crippen molar-refractivity contribution in [3.8, 4) is 0 Å². The molecule has 0 saturated carbocycles. The van der Waals surface area contributed by atoms with E-state index < -0.39 is 0 Å². The maximum absolute atomic E-state index is 4.63. The van der Waals surface area contributed by atoms with Crippen molar-refractivity contribution in [2.24, 2.45) is 0 Å². The minimum absolute atomic E-state index is 0. The summed E-state index contributed by atoms with van der Waals surface area (Å²) in [6.07, 6.45) is 8.09. The first-order valence-electron chi connectivity index (χ1n) is 7.85. The first-order chi connectivity index (χ1) is 11.8. The van der Waals surface area contributed by atoms with E-state index in [9.17, 15) is 0 Å². The zero-order valence-electron chi connectivity index (χ0n) is 13.3. The topological polar surface area (TPSA) is 57.4 Å². The van der Waals surface area contributed by atoms with Gasteiger partial charge in [0.05, 0.1) is 22.8 Å². The summed E-state index contributed by atoms with van der Waals surface area (Å²) in [5.74, 6) is 0. The molecule has 0 saturated heterocycles. The Hall–Kier alpha value is -2.84. The number of hydrogen-bond donors (Lipinski definition) is 2. The molecule has 3 radical (unpaired) electrons. The van der Waals surface area contributed by atoms with Gasteiger partial charge in [-0.2, -0.15) is 0 Å². The summed E-state index contributed by atoms with van der Waals surface area (Å²) < 4.78 is 0. The minimum Gasteiger partial charge on any atom is -0.355 e. The van der Waals surface area contributed by atoms with Crippen molar-refractivity contribution in [2.45, 2.75) is 0 Å². The Morgan fingerprint density at radius 3 is 1.04 bits per heavy atom. The molecule has 2 aliphatic heterocycles. The molecule has 0 unspecified atom stereocenters. The standard InChI is InChI=1S/C20H14N4.As/c1-2-14-10-16-5-6-18(23-16)12-20-8-7-19(24-20)11-17-4-3-15(22-17)9-13(1)21-14;/h1-12,21,24H;. The van der Waals surface area contributed by atoms with Crippen molar-refractivity contribution in [3.63, 3.8) is 0 Å². The van der Waals surface area contributed by atoms with Gasteiger partial charge in [0, 0.05) is 40.0 Å². The summed E-state index contributed by atoms with van der Waals surface area (Å²) in [6.45, 7) is 0. The quantitative estimate of drug-likeness (QED) is 0.391. The molecule has 0 atom stereocenters. The molecule has 5 heterocycles. The molecule has 0 spiro atoms. The average molecular weight is 385 g/mol. The number of rotatable bonds is 0. The van der Waals surface area contributed by atoms with E-state index in [1.54, 1.807) is 0 Å². The molecule has 5 rings (SSSR count). The molecule has 5 heteroatoms. The predicted molar refractivity (Wildman–Crippen MR) is 105 cm³/mol. The second-order valence-electron chi connectivity index (χ2n) is 5.91. The first-order valence-corrected chi connectivity index (χ1v) is 7.85. The van der Waals surface area contributed by atoms with Crippen molar-refractivity contribution in [1.82, 2.24) is 19.9 Å². The Morgan fingerprint density at radius 1 is 0.480 bits per heavy atom.